The fourth-order valence-electron chi connectivity index (χ4n) is 1.58. The second-order valence-electron chi connectivity index (χ2n) is 3.80. The van der Waals surface area contributed by atoms with Gasteiger partial charge in [-0.3, -0.25) is 4.79 Å². The molecule has 6 heteroatoms. The Labute approximate surface area is 93.5 Å². The molecule has 0 aromatic rings. The molecule has 92 valence electrons. The van der Waals surface area contributed by atoms with Gasteiger partial charge in [-0.2, -0.15) is 0 Å². The van der Waals surface area contributed by atoms with Gasteiger partial charge in [0.25, 0.3) is 0 Å². The number of hydrogen-bond acceptors (Lipinski definition) is 5. The Morgan fingerprint density at radius 1 is 1.38 bits per heavy atom. The molecule has 0 radical (unpaired) electrons. The van der Waals surface area contributed by atoms with Crippen LogP contribution in [0, 0.1) is 0 Å². The third-order valence-electron chi connectivity index (χ3n) is 2.61. The molecule has 0 aromatic heterocycles. The van der Waals surface area contributed by atoms with Gasteiger partial charge in [-0.05, 0) is 13.0 Å². The molecule has 16 heavy (non-hydrogen) atoms. The Morgan fingerprint density at radius 2 is 2.00 bits per heavy atom. The first-order valence-electron chi connectivity index (χ1n) is 5.07. The van der Waals surface area contributed by atoms with Crippen LogP contribution in [0.3, 0.4) is 0 Å². The number of ether oxygens (including phenoxy) is 1. The number of hydrogen-bond donors (Lipinski definition) is 4. The Balaban J connectivity index is 2.53. The van der Waals surface area contributed by atoms with Crippen molar-refractivity contribution in [2.45, 2.75) is 37.4 Å². The zero-order valence-electron chi connectivity index (χ0n) is 9.04. The maximum absolute atomic E-state index is 10.9. The monoisotopic (exact) mass is 231 g/mol. The van der Waals surface area contributed by atoms with Crippen LogP contribution in [0.4, 0.5) is 0 Å². The molecule has 6 nitrogen and oxygen atoms in total. The first kappa shape index (κ1) is 13.1. The molecule has 0 aromatic carbocycles. The second-order valence-corrected chi connectivity index (χ2v) is 3.80. The van der Waals surface area contributed by atoms with E-state index in [9.17, 15) is 20.1 Å². The Hall–Kier alpha value is -0.950. The second kappa shape index (κ2) is 5.40. The highest BCUT2D eigenvalue weighted by molar-refractivity contribution is 5.86. The van der Waals surface area contributed by atoms with E-state index < -0.39 is 30.5 Å². The number of aliphatic hydroxyl groups is 3. The molecule has 5 atom stereocenters. The molecule has 0 aliphatic carbocycles. The molecule has 4 N–H and O–H groups in total. The van der Waals surface area contributed by atoms with Crippen LogP contribution in [0.1, 0.15) is 6.92 Å². The summed E-state index contributed by atoms with van der Waals surface area (Å²) in [4.78, 5) is 10.9. The van der Waals surface area contributed by atoms with Crippen molar-refractivity contribution in [1.29, 1.82) is 0 Å². The maximum Gasteiger partial charge on any atom is 0.243 e. The van der Waals surface area contributed by atoms with Gasteiger partial charge in [-0.25, -0.2) is 0 Å². The molecule has 1 aliphatic rings. The van der Waals surface area contributed by atoms with Crippen molar-refractivity contribution in [2.75, 3.05) is 6.54 Å². The van der Waals surface area contributed by atoms with Crippen LogP contribution in [-0.2, 0) is 9.53 Å². The summed E-state index contributed by atoms with van der Waals surface area (Å²) < 4.78 is 5.27. The minimum atomic E-state index is -1.27. The van der Waals surface area contributed by atoms with E-state index in [2.05, 4.69) is 11.9 Å². The van der Waals surface area contributed by atoms with Crippen molar-refractivity contribution in [1.82, 2.24) is 5.32 Å². The van der Waals surface area contributed by atoms with Crippen LogP contribution in [0.2, 0.25) is 0 Å². The van der Waals surface area contributed by atoms with Crippen molar-refractivity contribution in [3.05, 3.63) is 12.7 Å². The van der Waals surface area contributed by atoms with Crippen molar-refractivity contribution in [3.8, 4) is 0 Å². The van der Waals surface area contributed by atoms with E-state index in [-0.39, 0.29) is 12.5 Å². The van der Waals surface area contributed by atoms with E-state index >= 15 is 0 Å². The summed E-state index contributed by atoms with van der Waals surface area (Å²) >= 11 is 0. The van der Waals surface area contributed by atoms with Crippen molar-refractivity contribution >= 4 is 5.91 Å². The molecular formula is C10H17NO5. The molecular weight excluding hydrogens is 214 g/mol. The number of amides is 1. The fourth-order valence-corrected chi connectivity index (χ4v) is 1.58. The van der Waals surface area contributed by atoms with Crippen LogP contribution in [0.5, 0.6) is 0 Å². The highest BCUT2D eigenvalue weighted by Crippen LogP contribution is 2.20. The zero-order valence-corrected chi connectivity index (χ0v) is 9.04. The molecule has 1 amide bonds. The summed E-state index contributed by atoms with van der Waals surface area (Å²) in [6.45, 7) is 4.92. The number of aliphatic hydroxyl groups excluding tert-OH is 3. The van der Waals surface area contributed by atoms with Gasteiger partial charge in [-0.15, -0.1) is 0 Å². The molecule has 1 rings (SSSR count). The fraction of sp³-hybridized carbons (Fsp3) is 0.700. The van der Waals surface area contributed by atoms with Gasteiger partial charge in [0.15, 0.2) is 0 Å². The van der Waals surface area contributed by atoms with Gasteiger partial charge in [0.1, 0.15) is 24.4 Å². The van der Waals surface area contributed by atoms with E-state index in [4.69, 9.17) is 4.74 Å². The number of carbonyl (C=O) groups is 1. The minimum absolute atomic E-state index is 0.0557. The van der Waals surface area contributed by atoms with Crippen LogP contribution >= 0.6 is 0 Å². The van der Waals surface area contributed by atoms with Crippen molar-refractivity contribution in [3.63, 3.8) is 0 Å². The van der Waals surface area contributed by atoms with E-state index in [0.29, 0.717) is 0 Å². The lowest BCUT2D eigenvalue weighted by molar-refractivity contribution is -0.215. The lowest BCUT2D eigenvalue weighted by Gasteiger charge is -2.39. The summed E-state index contributed by atoms with van der Waals surface area (Å²) in [6, 6.07) is 0. The van der Waals surface area contributed by atoms with Crippen LogP contribution in [0.25, 0.3) is 0 Å². The molecule has 1 aliphatic heterocycles. The summed E-state index contributed by atoms with van der Waals surface area (Å²) in [5.74, 6) is -0.385. The number of nitrogens with one attached hydrogen (secondary N) is 1. The van der Waals surface area contributed by atoms with Gasteiger partial charge in [0.2, 0.25) is 5.91 Å². The van der Waals surface area contributed by atoms with Crippen LogP contribution in [0.15, 0.2) is 12.7 Å². The van der Waals surface area contributed by atoms with Gasteiger partial charge < -0.3 is 25.4 Å². The predicted molar refractivity (Wildman–Crippen MR) is 55.6 cm³/mol. The molecule has 5 unspecified atom stereocenters. The average Bonchev–Trinajstić information content (AvgIpc) is 2.28. The highest BCUT2D eigenvalue weighted by Gasteiger charge is 2.41. The van der Waals surface area contributed by atoms with Gasteiger partial charge in [-0.1, -0.05) is 6.58 Å². The lowest BCUT2D eigenvalue weighted by Crippen LogP contribution is -2.59. The molecule has 1 heterocycles. The summed E-state index contributed by atoms with van der Waals surface area (Å²) in [5.41, 5.74) is 0. The Bertz CT molecular complexity index is 270. The van der Waals surface area contributed by atoms with Crippen molar-refractivity contribution < 1.29 is 24.9 Å². The van der Waals surface area contributed by atoms with Gasteiger partial charge in [0.05, 0.1) is 6.10 Å². The predicted octanol–water partition coefficient (Wildman–Crippen LogP) is -1.84. The number of rotatable bonds is 3. The topological polar surface area (TPSA) is 99.0 Å². The van der Waals surface area contributed by atoms with Crippen molar-refractivity contribution in [2.24, 2.45) is 0 Å². The normalized spacial score (nSPS) is 39.1. The highest BCUT2D eigenvalue weighted by atomic mass is 16.5. The summed E-state index contributed by atoms with van der Waals surface area (Å²) in [5, 5.41) is 31.0. The van der Waals surface area contributed by atoms with E-state index in [1.807, 2.05) is 0 Å². The minimum Gasteiger partial charge on any atom is -0.388 e. The van der Waals surface area contributed by atoms with Crippen LogP contribution < -0.4 is 5.32 Å². The molecule has 0 saturated carbocycles. The smallest absolute Gasteiger partial charge is 0.243 e. The van der Waals surface area contributed by atoms with E-state index in [0.717, 1.165) is 6.08 Å². The quantitative estimate of drug-likeness (QED) is 0.428. The molecule has 1 saturated heterocycles. The lowest BCUT2D eigenvalue weighted by atomic mass is 9.95. The largest absolute Gasteiger partial charge is 0.388 e. The number of carbonyl (C=O) groups excluding carboxylic acids is 1. The SMILES string of the molecule is C=CC(=O)NCC1OC(C)C(O)C(O)C1O. The Morgan fingerprint density at radius 3 is 2.56 bits per heavy atom. The Kier molecular flexibility index (Phi) is 4.43. The average molecular weight is 231 g/mol. The first-order chi connectivity index (χ1) is 7.47. The summed E-state index contributed by atoms with van der Waals surface area (Å²) in [6.07, 6.45) is -3.85. The first-order valence-corrected chi connectivity index (χ1v) is 5.07. The zero-order chi connectivity index (χ0) is 12.3. The molecule has 0 bridgehead atoms. The van der Waals surface area contributed by atoms with Crippen LogP contribution in [-0.4, -0.2) is 58.3 Å². The molecule has 0 spiro atoms. The molecule has 1 fully saturated rings. The van der Waals surface area contributed by atoms with Gasteiger partial charge >= 0.3 is 0 Å². The van der Waals surface area contributed by atoms with E-state index in [1.54, 1.807) is 6.92 Å². The standard InChI is InChI=1S/C10H17NO5/c1-3-7(12)11-4-6-9(14)10(15)8(13)5(2)16-6/h3,5-6,8-10,13-15H,1,4H2,2H3,(H,11,12). The maximum atomic E-state index is 10.9. The third-order valence-corrected chi connectivity index (χ3v) is 2.61. The van der Waals surface area contributed by atoms with E-state index in [1.165, 1.54) is 0 Å². The third kappa shape index (κ3) is 2.79. The van der Waals surface area contributed by atoms with Gasteiger partial charge in [0, 0.05) is 6.54 Å². The summed E-state index contributed by atoms with van der Waals surface area (Å²) in [7, 11) is 0.